The number of rotatable bonds is 2. The number of aromatic nitrogens is 4. The van der Waals surface area contributed by atoms with E-state index in [1.54, 1.807) is 6.07 Å². The Labute approximate surface area is 183 Å². The van der Waals surface area contributed by atoms with Crippen molar-refractivity contribution >= 4 is 22.6 Å². The predicted molar refractivity (Wildman–Crippen MR) is 119 cm³/mol. The summed E-state index contributed by atoms with van der Waals surface area (Å²) in [5, 5.41) is 8.54. The number of H-pyrrole nitrogens is 1. The van der Waals surface area contributed by atoms with Crippen LogP contribution in [0.15, 0.2) is 41.2 Å². The van der Waals surface area contributed by atoms with Gasteiger partial charge >= 0.3 is 0 Å². The van der Waals surface area contributed by atoms with Crippen molar-refractivity contribution in [3.8, 4) is 0 Å². The van der Waals surface area contributed by atoms with Gasteiger partial charge in [0.05, 0.1) is 11.0 Å². The number of hydrogen-bond donors (Lipinski definition) is 1. The number of hydrogen-bond acceptors (Lipinski definition) is 5. The highest BCUT2D eigenvalue weighted by molar-refractivity contribution is 5.99. The predicted octanol–water partition coefficient (Wildman–Crippen LogP) is 2.93. The molecule has 2 aromatic heterocycles. The number of ether oxygens (including phenoxy) is 1. The SMILES string of the molecule is Cc1cc2c(cc1C(=O)N1Cc3ccccc3C1)[nH]c(=O)c1nnc(C3CCOCC3)n12. The summed E-state index contributed by atoms with van der Waals surface area (Å²) < 4.78 is 7.35. The Morgan fingerprint density at radius 2 is 1.81 bits per heavy atom. The van der Waals surface area contributed by atoms with E-state index >= 15 is 0 Å². The second-order valence-electron chi connectivity index (χ2n) is 8.67. The molecule has 1 amide bonds. The third-order valence-corrected chi connectivity index (χ3v) is 6.67. The first kappa shape index (κ1) is 19.2. The van der Waals surface area contributed by atoms with Gasteiger partial charge in [0.2, 0.25) is 5.65 Å². The summed E-state index contributed by atoms with van der Waals surface area (Å²) in [6, 6.07) is 11.9. The largest absolute Gasteiger partial charge is 0.381 e. The summed E-state index contributed by atoms with van der Waals surface area (Å²) in [5.41, 5.74) is 5.22. The number of carbonyl (C=O) groups excluding carboxylic acids is 1. The minimum atomic E-state index is -0.306. The molecule has 8 nitrogen and oxygen atoms in total. The molecular weight excluding hydrogens is 406 g/mol. The van der Waals surface area contributed by atoms with E-state index in [9.17, 15) is 9.59 Å². The number of aryl methyl sites for hydroxylation is 1. The molecule has 32 heavy (non-hydrogen) atoms. The van der Waals surface area contributed by atoms with E-state index in [1.807, 2.05) is 34.4 Å². The minimum absolute atomic E-state index is 0.0324. The number of amides is 1. The van der Waals surface area contributed by atoms with E-state index in [-0.39, 0.29) is 23.0 Å². The average Bonchev–Trinajstić information content (AvgIpc) is 3.45. The van der Waals surface area contributed by atoms with Gasteiger partial charge in [0.1, 0.15) is 5.82 Å². The van der Waals surface area contributed by atoms with E-state index in [0.717, 1.165) is 29.7 Å². The van der Waals surface area contributed by atoms with E-state index in [4.69, 9.17) is 4.74 Å². The maximum absolute atomic E-state index is 13.4. The van der Waals surface area contributed by atoms with Gasteiger partial charge < -0.3 is 14.6 Å². The molecule has 1 fully saturated rings. The van der Waals surface area contributed by atoms with Crippen LogP contribution in [-0.4, -0.2) is 43.6 Å². The number of nitrogens with zero attached hydrogens (tertiary/aromatic N) is 4. The second kappa shape index (κ2) is 7.27. The molecule has 2 aliphatic heterocycles. The molecule has 0 unspecified atom stereocenters. The van der Waals surface area contributed by atoms with Crippen molar-refractivity contribution in [3.63, 3.8) is 0 Å². The zero-order valence-corrected chi connectivity index (χ0v) is 17.8. The van der Waals surface area contributed by atoms with Gasteiger partial charge in [-0.3, -0.25) is 14.0 Å². The molecule has 6 rings (SSSR count). The van der Waals surface area contributed by atoms with Crippen LogP contribution in [-0.2, 0) is 17.8 Å². The Kier molecular flexibility index (Phi) is 4.36. The molecule has 0 bridgehead atoms. The van der Waals surface area contributed by atoms with Crippen LogP contribution in [0.25, 0.3) is 16.7 Å². The molecule has 0 spiro atoms. The van der Waals surface area contributed by atoms with Crippen molar-refractivity contribution < 1.29 is 9.53 Å². The second-order valence-corrected chi connectivity index (χ2v) is 8.67. The molecule has 0 atom stereocenters. The lowest BCUT2D eigenvalue weighted by Crippen LogP contribution is -2.26. The first-order valence-electron chi connectivity index (χ1n) is 11.0. The number of fused-ring (bicyclic) bond motifs is 4. The van der Waals surface area contributed by atoms with Gasteiger partial charge in [-0.05, 0) is 48.6 Å². The summed E-state index contributed by atoms with van der Waals surface area (Å²) in [5.74, 6) is 0.941. The topological polar surface area (TPSA) is 92.6 Å². The Morgan fingerprint density at radius 3 is 2.53 bits per heavy atom. The van der Waals surface area contributed by atoms with Crippen LogP contribution >= 0.6 is 0 Å². The minimum Gasteiger partial charge on any atom is -0.381 e. The standard InChI is InChI=1S/C24H23N5O3/c1-14-10-20-19(11-18(14)24(31)28-12-16-4-2-3-5-17(16)13-28)25-23(30)22-27-26-21(29(20)22)15-6-8-32-9-7-15/h2-5,10-11,15H,6-9,12-13H2,1H3,(H,25,30). The summed E-state index contributed by atoms with van der Waals surface area (Å²) in [6.07, 6.45) is 1.69. The van der Waals surface area contributed by atoms with Crippen molar-refractivity contribution in [1.29, 1.82) is 0 Å². The highest BCUT2D eigenvalue weighted by Crippen LogP contribution is 2.29. The third kappa shape index (κ3) is 2.94. The molecule has 1 N–H and O–H groups in total. The molecule has 0 aliphatic carbocycles. The maximum atomic E-state index is 13.4. The first-order chi connectivity index (χ1) is 15.6. The molecule has 0 radical (unpaired) electrons. The molecule has 4 heterocycles. The fourth-order valence-corrected chi connectivity index (χ4v) is 4.93. The third-order valence-electron chi connectivity index (χ3n) is 6.67. The van der Waals surface area contributed by atoms with Gasteiger partial charge in [-0.15, -0.1) is 10.2 Å². The zero-order chi connectivity index (χ0) is 21.8. The van der Waals surface area contributed by atoms with E-state index in [2.05, 4.69) is 27.3 Å². The van der Waals surface area contributed by atoms with Crippen molar-refractivity contribution in [2.75, 3.05) is 13.2 Å². The Hall–Kier alpha value is -3.52. The van der Waals surface area contributed by atoms with Gasteiger partial charge in [0, 0.05) is 37.8 Å². The van der Waals surface area contributed by atoms with Gasteiger partial charge in [-0.2, -0.15) is 0 Å². The van der Waals surface area contributed by atoms with Crippen LogP contribution in [0.5, 0.6) is 0 Å². The molecular formula is C24H23N5O3. The number of aromatic amines is 1. The zero-order valence-electron chi connectivity index (χ0n) is 17.8. The smallest absolute Gasteiger partial charge is 0.294 e. The monoisotopic (exact) mass is 429 g/mol. The molecule has 162 valence electrons. The van der Waals surface area contributed by atoms with E-state index in [1.165, 1.54) is 11.1 Å². The van der Waals surface area contributed by atoms with Gasteiger partial charge in [0.25, 0.3) is 11.5 Å². The lowest BCUT2D eigenvalue weighted by atomic mass is 9.99. The van der Waals surface area contributed by atoms with Crippen molar-refractivity contribution in [2.45, 2.75) is 38.8 Å². The van der Waals surface area contributed by atoms with Gasteiger partial charge in [0.15, 0.2) is 0 Å². The lowest BCUT2D eigenvalue weighted by Gasteiger charge is -2.21. The summed E-state index contributed by atoms with van der Waals surface area (Å²) in [7, 11) is 0. The van der Waals surface area contributed by atoms with Gasteiger partial charge in [-0.1, -0.05) is 24.3 Å². The Morgan fingerprint density at radius 1 is 1.09 bits per heavy atom. The maximum Gasteiger partial charge on any atom is 0.294 e. The van der Waals surface area contributed by atoms with Crippen LogP contribution in [0, 0.1) is 6.92 Å². The Bertz CT molecular complexity index is 1410. The van der Waals surface area contributed by atoms with E-state index in [0.29, 0.717) is 37.4 Å². The molecule has 2 aliphatic rings. The Balaban J connectivity index is 1.45. The fraction of sp³-hybridized carbons (Fsp3) is 0.333. The van der Waals surface area contributed by atoms with Gasteiger partial charge in [-0.25, -0.2) is 0 Å². The summed E-state index contributed by atoms with van der Waals surface area (Å²) >= 11 is 0. The summed E-state index contributed by atoms with van der Waals surface area (Å²) in [4.78, 5) is 30.9. The normalized spacial score (nSPS) is 16.7. The average molecular weight is 429 g/mol. The number of carbonyl (C=O) groups is 1. The van der Waals surface area contributed by atoms with Crippen LogP contribution in [0.4, 0.5) is 0 Å². The quantitative estimate of drug-likeness (QED) is 0.529. The highest BCUT2D eigenvalue weighted by atomic mass is 16.5. The van der Waals surface area contributed by atoms with Crippen LogP contribution in [0.2, 0.25) is 0 Å². The van der Waals surface area contributed by atoms with Crippen LogP contribution < -0.4 is 5.56 Å². The van der Waals surface area contributed by atoms with Crippen LogP contribution in [0.1, 0.15) is 51.6 Å². The number of benzene rings is 2. The van der Waals surface area contributed by atoms with Crippen molar-refractivity contribution in [1.82, 2.24) is 24.5 Å². The molecule has 4 aromatic rings. The molecule has 2 aromatic carbocycles. The summed E-state index contributed by atoms with van der Waals surface area (Å²) in [6.45, 7) is 4.49. The van der Waals surface area contributed by atoms with Crippen molar-refractivity contribution in [2.24, 2.45) is 0 Å². The molecule has 8 heteroatoms. The van der Waals surface area contributed by atoms with Crippen LogP contribution in [0.3, 0.4) is 0 Å². The lowest BCUT2D eigenvalue weighted by molar-refractivity contribution is 0.0750. The highest BCUT2D eigenvalue weighted by Gasteiger charge is 2.27. The first-order valence-corrected chi connectivity index (χ1v) is 11.0. The molecule has 0 saturated carbocycles. The van der Waals surface area contributed by atoms with Crippen molar-refractivity contribution in [3.05, 3.63) is 74.8 Å². The fourth-order valence-electron chi connectivity index (χ4n) is 4.93. The molecule has 1 saturated heterocycles. The van der Waals surface area contributed by atoms with E-state index < -0.39 is 0 Å². The number of nitrogens with one attached hydrogen (secondary N) is 1.